The summed E-state index contributed by atoms with van der Waals surface area (Å²) < 4.78 is 5.08. The number of benzene rings is 1. The maximum atomic E-state index is 13.4. The van der Waals surface area contributed by atoms with Gasteiger partial charge >= 0.3 is 0 Å². The highest BCUT2D eigenvalue weighted by Gasteiger charge is 2.41. The quantitative estimate of drug-likeness (QED) is 0.411. The van der Waals surface area contributed by atoms with Gasteiger partial charge in [0.1, 0.15) is 5.76 Å². The van der Waals surface area contributed by atoms with Crippen LogP contribution in [0.5, 0.6) is 0 Å². The van der Waals surface area contributed by atoms with Crippen LogP contribution >= 0.6 is 11.8 Å². The van der Waals surface area contributed by atoms with Crippen molar-refractivity contribution in [3.8, 4) is 0 Å². The molecule has 1 saturated heterocycles. The van der Waals surface area contributed by atoms with Gasteiger partial charge in [-0.1, -0.05) is 42.6 Å². The number of aromatic nitrogens is 1. The van der Waals surface area contributed by atoms with E-state index in [9.17, 15) is 14.7 Å². The number of aliphatic hydroxyl groups excluding tert-OH is 1. The Bertz CT molecular complexity index is 1070. The highest BCUT2D eigenvalue weighted by atomic mass is 32.2. The van der Waals surface area contributed by atoms with Gasteiger partial charge in [0.25, 0.3) is 5.91 Å². The number of nitrogens with zero attached hydrogens (tertiary/aromatic N) is 2. The first-order valence-electron chi connectivity index (χ1n) is 13.7. The highest BCUT2D eigenvalue weighted by Crippen LogP contribution is 2.39. The molecule has 0 bridgehead atoms. The number of likely N-dealkylation sites (tertiary alicyclic amines) is 1. The van der Waals surface area contributed by atoms with Crippen molar-refractivity contribution in [2.45, 2.75) is 88.4 Å². The van der Waals surface area contributed by atoms with Crippen molar-refractivity contribution in [3.05, 3.63) is 47.9 Å². The minimum absolute atomic E-state index is 0.0195. The molecule has 1 aromatic carbocycles. The molecule has 4 rings (SSSR count). The zero-order valence-electron chi connectivity index (χ0n) is 23.0. The van der Waals surface area contributed by atoms with Gasteiger partial charge in [-0.2, -0.15) is 0 Å². The van der Waals surface area contributed by atoms with E-state index in [1.165, 1.54) is 25.7 Å². The van der Waals surface area contributed by atoms with E-state index in [0.717, 1.165) is 17.9 Å². The first-order valence-corrected chi connectivity index (χ1v) is 14.7. The molecular weight excluding hydrogens is 500 g/mol. The van der Waals surface area contributed by atoms with E-state index in [4.69, 9.17) is 4.52 Å². The molecular formula is C29H42N4O4S. The van der Waals surface area contributed by atoms with Gasteiger partial charge in [0, 0.05) is 35.3 Å². The molecule has 2 amide bonds. The maximum absolute atomic E-state index is 13.4. The van der Waals surface area contributed by atoms with E-state index in [-0.39, 0.29) is 29.1 Å². The van der Waals surface area contributed by atoms with Gasteiger partial charge in [0.2, 0.25) is 5.91 Å². The van der Waals surface area contributed by atoms with Gasteiger partial charge < -0.3 is 20.3 Å². The van der Waals surface area contributed by atoms with E-state index in [1.54, 1.807) is 24.8 Å². The fraction of sp³-hybridized carbons (Fsp3) is 0.621. The molecule has 208 valence electrons. The predicted octanol–water partition coefficient (Wildman–Crippen LogP) is 4.03. The summed E-state index contributed by atoms with van der Waals surface area (Å²) in [7, 11) is 0. The highest BCUT2D eigenvalue weighted by molar-refractivity contribution is 7.99. The Morgan fingerprint density at radius 3 is 2.55 bits per heavy atom. The third-order valence-electron chi connectivity index (χ3n) is 7.54. The minimum Gasteiger partial charge on any atom is -0.390 e. The van der Waals surface area contributed by atoms with Crippen molar-refractivity contribution in [1.82, 2.24) is 20.7 Å². The van der Waals surface area contributed by atoms with Crippen LogP contribution in [0.4, 0.5) is 0 Å². The lowest BCUT2D eigenvalue weighted by molar-refractivity contribution is -0.132. The zero-order valence-corrected chi connectivity index (χ0v) is 23.8. The van der Waals surface area contributed by atoms with Crippen molar-refractivity contribution in [3.63, 3.8) is 0 Å². The van der Waals surface area contributed by atoms with Crippen LogP contribution in [0, 0.1) is 18.8 Å². The molecule has 1 saturated carbocycles. The van der Waals surface area contributed by atoms with Crippen molar-refractivity contribution in [2.24, 2.45) is 11.8 Å². The molecule has 0 spiro atoms. The van der Waals surface area contributed by atoms with Crippen LogP contribution < -0.4 is 10.6 Å². The average molecular weight is 543 g/mol. The third-order valence-corrected chi connectivity index (χ3v) is 8.67. The Morgan fingerprint density at radius 2 is 1.89 bits per heavy atom. The number of piperidine rings is 1. The number of rotatable bonds is 9. The van der Waals surface area contributed by atoms with Gasteiger partial charge in [-0.3, -0.25) is 14.5 Å². The molecule has 0 unspecified atom stereocenters. The molecule has 8 nitrogen and oxygen atoms in total. The first kappa shape index (κ1) is 28.6. The molecule has 5 atom stereocenters. The molecule has 2 heterocycles. The Labute approximate surface area is 230 Å². The number of fused-ring (bicyclic) bond motifs is 1. The normalized spacial score (nSPS) is 23.8. The lowest BCUT2D eigenvalue weighted by atomic mass is 9.72. The number of nitrogens with one attached hydrogen (secondary N) is 2. The molecule has 0 radical (unpaired) electrons. The summed E-state index contributed by atoms with van der Waals surface area (Å²) in [5, 5.41) is 21.5. The standard InChI is InChI=1S/C29H42N4O4S/c1-19-14-23(32-37-19)27(35)30-24(18-38-22-12-6-5-7-13-22)26(34)17-33-16-21-11-9-8-10-20(21)15-25(33)28(36)31-29(2,3)4/h5-7,12-14,20-21,24-26,34H,8-11,15-18H2,1-4H3,(H,30,35)(H,31,36)/t20-,21+,24-,25-,26+/m0/s1. The largest absolute Gasteiger partial charge is 0.390 e. The second-order valence-corrected chi connectivity index (χ2v) is 12.9. The Hall–Kier alpha value is -2.36. The smallest absolute Gasteiger partial charge is 0.273 e. The fourth-order valence-corrected chi connectivity index (χ4v) is 6.69. The van der Waals surface area contributed by atoms with Crippen LogP contribution in [0.25, 0.3) is 0 Å². The minimum atomic E-state index is -0.867. The van der Waals surface area contributed by atoms with Crippen molar-refractivity contribution in [1.29, 1.82) is 0 Å². The first-order chi connectivity index (χ1) is 18.1. The molecule has 2 fully saturated rings. The lowest BCUT2D eigenvalue weighted by Crippen LogP contribution is -2.60. The monoisotopic (exact) mass is 542 g/mol. The number of β-amino-alcohol motifs (C(OH)–C–C–N with tert-alkyl or cyclic N) is 1. The number of aliphatic hydroxyl groups is 1. The summed E-state index contributed by atoms with van der Waals surface area (Å²) in [4.78, 5) is 29.6. The van der Waals surface area contributed by atoms with E-state index in [1.807, 2.05) is 51.1 Å². The molecule has 3 N–H and O–H groups in total. The van der Waals surface area contributed by atoms with Crippen LogP contribution in [0.3, 0.4) is 0 Å². The second kappa shape index (κ2) is 12.7. The number of carbonyl (C=O) groups is 2. The Kier molecular flexibility index (Phi) is 9.54. The van der Waals surface area contributed by atoms with Crippen LogP contribution in [0.15, 0.2) is 45.8 Å². The second-order valence-electron chi connectivity index (χ2n) is 11.8. The van der Waals surface area contributed by atoms with E-state index < -0.39 is 12.1 Å². The lowest BCUT2D eigenvalue weighted by Gasteiger charge is -2.47. The molecule has 1 aliphatic carbocycles. The summed E-state index contributed by atoms with van der Waals surface area (Å²) in [6.45, 7) is 8.82. The van der Waals surface area contributed by atoms with Crippen LogP contribution in [-0.4, -0.2) is 69.5 Å². The van der Waals surface area contributed by atoms with Crippen molar-refractivity contribution in [2.75, 3.05) is 18.8 Å². The SMILES string of the molecule is Cc1cc(C(=O)N[C@@H](CSc2ccccc2)[C@H](O)CN2C[C@H]3CCCC[C@H]3C[C@H]2C(=O)NC(C)(C)C)no1. The summed E-state index contributed by atoms with van der Waals surface area (Å²) >= 11 is 1.58. The molecule has 1 aliphatic heterocycles. The molecule has 2 aromatic rings. The van der Waals surface area contributed by atoms with Gasteiger partial charge in [-0.05, 0) is 64.5 Å². The van der Waals surface area contributed by atoms with E-state index in [2.05, 4.69) is 20.7 Å². The summed E-state index contributed by atoms with van der Waals surface area (Å²) in [6.07, 6.45) is 4.73. The maximum Gasteiger partial charge on any atom is 0.273 e. The van der Waals surface area contributed by atoms with Crippen molar-refractivity contribution < 1.29 is 19.2 Å². The number of hydrogen-bond donors (Lipinski definition) is 3. The molecule has 1 aromatic heterocycles. The van der Waals surface area contributed by atoms with Gasteiger partial charge in [-0.15, -0.1) is 11.8 Å². The summed E-state index contributed by atoms with van der Waals surface area (Å²) in [6, 6.07) is 10.7. The Morgan fingerprint density at radius 1 is 1.18 bits per heavy atom. The van der Waals surface area contributed by atoms with Gasteiger partial charge in [-0.25, -0.2) is 0 Å². The number of amides is 2. The summed E-state index contributed by atoms with van der Waals surface area (Å²) in [5.74, 6) is 1.76. The zero-order chi connectivity index (χ0) is 27.3. The number of thioether (sulfide) groups is 1. The van der Waals surface area contributed by atoms with Crippen LogP contribution in [0.2, 0.25) is 0 Å². The van der Waals surface area contributed by atoms with Gasteiger partial charge in [0.05, 0.1) is 18.2 Å². The van der Waals surface area contributed by atoms with Crippen LogP contribution in [-0.2, 0) is 4.79 Å². The predicted molar refractivity (Wildman–Crippen MR) is 149 cm³/mol. The van der Waals surface area contributed by atoms with Crippen LogP contribution in [0.1, 0.15) is 69.1 Å². The third kappa shape index (κ3) is 7.83. The summed E-state index contributed by atoms with van der Waals surface area (Å²) in [5.41, 5.74) is -0.140. The Balaban J connectivity index is 1.50. The number of carbonyl (C=O) groups excluding carboxylic acids is 2. The van der Waals surface area contributed by atoms with Crippen molar-refractivity contribution >= 4 is 23.6 Å². The fourth-order valence-electron chi connectivity index (χ4n) is 5.66. The average Bonchev–Trinajstić information content (AvgIpc) is 3.32. The van der Waals surface area contributed by atoms with E-state index in [0.29, 0.717) is 29.9 Å². The number of aryl methyl sites for hydroxylation is 1. The van der Waals surface area contributed by atoms with Gasteiger partial charge in [0.15, 0.2) is 5.69 Å². The molecule has 38 heavy (non-hydrogen) atoms. The van der Waals surface area contributed by atoms with E-state index >= 15 is 0 Å². The topological polar surface area (TPSA) is 108 Å². The molecule has 2 aliphatic rings. The molecule has 9 heteroatoms. The number of hydrogen-bond acceptors (Lipinski definition) is 7.